The van der Waals surface area contributed by atoms with Crippen LogP contribution in [0.5, 0.6) is 0 Å². The van der Waals surface area contributed by atoms with Gasteiger partial charge in [0.25, 0.3) is 0 Å². The average Bonchev–Trinajstić information content (AvgIpc) is 3.41. The molecule has 1 aromatic carbocycles. The Labute approximate surface area is 191 Å². The van der Waals surface area contributed by atoms with Gasteiger partial charge in [-0.25, -0.2) is 4.98 Å². The summed E-state index contributed by atoms with van der Waals surface area (Å²) >= 11 is 3.32. The third kappa shape index (κ3) is 4.51. The van der Waals surface area contributed by atoms with Crippen molar-refractivity contribution in [1.29, 1.82) is 0 Å². The zero-order chi connectivity index (χ0) is 21.2. The number of thioether (sulfide) groups is 1. The van der Waals surface area contributed by atoms with E-state index < -0.39 is 0 Å². The maximum Gasteiger partial charge on any atom is 0.233 e. The highest BCUT2D eigenvalue weighted by Crippen LogP contribution is 2.34. The summed E-state index contributed by atoms with van der Waals surface area (Å²) in [6, 6.07) is 8.78. The molecule has 0 N–H and O–H groups in total. The molecule has 8 heteroatoms. The topological polar surface area (TPSA) is 63.9 Å². The molecule has 164 valence electrons. The fourth-order valence-corrected chi connectivity index (χ4v) is 6.94. The number of benzene rings is 1. The van der Waals surface area contributed by atoms with Gasteiger partial charge in [0, 0.05) is 25.0 Å². The second kappa shape index (κ2) is 9.28. The van der Waals surface area contributed by atoms with E-state index in [1.165, 1.54) is 41.8 Å². The molecule has 3 heterocycles. The van der Waals surface area contributed by atoms with Gasteiger partial charge in [-0.15, -0.1) is 21.5 Å². The molecular formula is C23H29N5OS2. The van der Waals surface area contributed by atoms with Crippen molar-refractivity contribution in [3.63, 3.8) is 0 Å². The van der Waals surface area contributed by atoms with E-state index in [0.29, 0.717) is 17.7 Å². The minimum Gasteiger partial charge on any atom is -0.341 e. The molecule has 3 aromatic rings. The molecule has 2 fully saturated rings. The summed E-state index contributed by atoms with van der Waals surface area (Å²) in [5.74, 6) is 1.94. The van der Waals surface area contributed by atoms with Crippen molar-refractivity contribution >= 4 is 39.2 Å². The SMILES string of the molecule is Cc1nnc(SCC(=O)N2CCCC(c3nc4ccccc4s3)C2)n1C1CCCCC1. The summed E-state index contributed by atoms with van der Waals surface area (Å²) in [7, 11) is 0. The molecule has 2 aromatic heterocycles. The molecule has 5 rings (SSSR count). The Bertz CT molecular complexity index is 1020. The van der Waals surface area contributed by atoms with Crippen molar-refractivity contribution in [2.75, 3.05) is 18.8 Å². The predicted octanol–water partition coefficient (Wildman–Crippen LogP) is 5.20. The molecule has 0 bridgehead atoms. The number of carbonyl (C=O) groups is 1. The number of amides is 1. The lowest BCUT2D eigenvalue weighted by Gasteiger charge is -2.32. The van der Waals surface area contributed by atoms with E-state index >= 15 is 0 Å². The molecule has 1 amide bonds. The minimum atomic E-state index is 0.201. The lowest BCUT2D eigenvalue weighted by atomic mass is 9.95. The normalized spacial score (nSPS) is 20.4. The molecular weight excluding hydrogens is 426 g/mol. The zero-order valence-corrected chi connectivity index (χ0v) is 19.6. The zero-order valence-electron chi connectivity index (χ0n) is 18.0. The van der Waals surface area contributed by atoms with E-state index in [2.05, 4.69) is 33.0 Å². The van der Waals surface area contributed by atoms with Crippen LogP contribution in [-0.4, -0.2) is 49.4 Å². The molecule has 31 heavy (non-hydrogen) atoms. The number of nitrogens with zero attached hydrogens (tertiary/aromatic N) is 5. The van der Waals surface area contributed by atoms with Gasteiger partial charge >= 0.3 is 0 Å². The summed E-state index contributed by atoms with van der Waals surface area (Å²) in [4.78, 5) is 19.9. The van der Waals surface area contributed by atoms with Crippen LogP contribution in [0, 0.1) is 6.92 Å². The molecule has 1 saturated carbocycles. The Morgan fingerprint density at radius 2 is 1.97 bits per heavy atom. The van der Waals surface area contributed by atoms with E-state index in [4.69, 9.17) is 4.98 Å². The van der Waals surface area contributed by atoms with Crippen LogP contribution in [-0.2, 0) is 4.79 Å². The monoisotopic (exact) mass is 455 g/mol. The van der Waals surface area contributed by atoms with E-state index in [1.807, 2.05) is 17.9 Å². The molecule has 1 unspecified atom stereocenters. The number of aryl methyl sites for hydroxylation is 1. The van der Waals surface area contributed by atoms with Crippen LogP contribution < -0.4 is 0 Å². The lowest BCUT2D eigenvalue weighted by molar-refractivity contribution is -0.129. The fourth-order valence-electron chi connectivity index (χ4n) is 4.90. The van der Waals surface area contributed by atoms with Gasteiger partial charge in [0.2, 0.25) is 5.91 Å². The first-order valence-electron chi connectivity index (χ1n) is 11.4. The summed E-state index contributed by atoms with van der Waals surface area (Å²) in [5, 5.41) is 10.8. The first-order chi connectivity index (χ1) is 15.2. The highest BCUT2D eigenvalue weighted by Gasteiger charge is 2.28. The summed E-state index contributed by atoms with van der Waals surface area (Å²) in [6.45, 7) is 3.64. The van der Waals surface area contributed by atoms with Crippen molar-refractivity contribution in [1.82, 2.24) is 24.6 Å². The number of thiazole rings is 1. The molecule has 2 aliphatic rings. The number of likely N-dealkylation sites (tertiary alicyclic amines) is 1. The highest BCUT2D eigenvalue weighted by molar-refractivity contribution is 7.99. The number of fused-ring (bicyclic) bond motifs is 1. The van der Waals surface area contributed by atoms with Crippen molar-refractivity contribution in [2.45, 2.75) is 69.0 Å². The van der Waals surface area contributed by atoms with Crippen molar-refractivity contribution in [3.8, 4) is 0 Å². The van der Waals surface area contributed by atoms with E-state index in [-0.39, 0.29) is 5.91 Å². The van der Waals surface area contributed by atoms with Crippen LogP contribution in [0.4, 0.5) is 0 Å². The van der Waals surface area contributed by atoms with Crippen molar-refractivity contribution < 1.29 is 4.79 Å². The molecule has 6 nitrogen and oxygen atoms in total. The second-order valence-electron chi connectivity index (χ2n) is 8.68. The first-order valence-corrected chi connectivity index (χ1v) is 13.2. The van der Waals surface area contributed by atoms with Gasteiger partial charge in [-0.2, -0.15) is 0 Å². The van der Waals surface area contributed by atoms with Gasteiger partial charge < -0.3 is 9.47 Å². The first kappa shape index (κ1) is 20.9. The Morgan fingerprint density at radius 1 is 1.13 bits per heavy atom. The van der Waals surface area contributed by atoms with Gasteiger partial charge in [-0.3, -0.25) is 4.79 Å². The molecule has 1 aliphatic carbocycles. The Hall–Kier alpha value is -1.93. The third-order valence-corrected chi connectivity index (χ3v) is 8.66. The van der Waals surface area contributed by atoms with Gasteiger partial charge in [0.15, 0.2) is 5.16 Å². The molecule has 0 radical (unpaired) electrons. The molecule has 1 aliphatic heterocycles. The van der Waals surface area contributed by atoms with Gasteiger partial charge in [0.05, 0.1) is 21.0 Å². The number of aromatic nitrogens is 4. The molecule has 0 spiro atoms. The molecule has 1 saturated heterocycles. The van der Waals surface area contributed by atoms with Crippen LogP contribution in [0.2, 0.25) is 0 Å². The summed E-state index contributed by atoms with van der Waals surface area (Å²) in [5.41, 5.74) is 1.07. The lowest BCUT2D eigenvalue weighted by Crippen LogP contribution is -2.40. The minimum absolute atomic E-state index is 0.201. The standard InChI is InChI=1S/C23H29N5OS2/c1-16-25-26-23(28(16)18-9-3-2-4-10-18)30-15-21(29)27-13-7-8-17(14-27)22-24-19-11-5-6-12-20(19)31-22/h5-6,11-12,17-18H,2-4,7-10,13-15H2,1H3. The second-order valence-corrected chi connectivity index (χ2v) is 10.7. The van der Waals surface area contributed by atoms with Crippen LogP contribution >= 0.6 is 23.1 Å². The van der Waals surface area contributed by atoms with E-state index in [1.54, 1.807) is 23.1 Å². The van der Waals surface area contributed by atoms with E-state index in [0.717, 1.165) is 42.4 Å². The number of piperidine rings is 1. The van der Waals surface area contributed by atoms with Gasteiger partial charge in [0.1, 0.15) is 5.82 Å². The largest absolute Gasteiger partial charge is 0.341 e. The Kier molecular flexibility index (Phi) is 6.27. The predicted molar refractivity (Wildman–Crippen MR) is 126 cm³/mol. The smallest absolute Gasteiger partial charge is 0.233 e. The maximum atomic E-state index is 13.0. The Balaban J connectivity index is 1.23. The third-order valence-electron chi connectivity index (χ3n) is 6.53. The van der Waals surface area contributed by atoms with Crippen LogP contribution in [0.15, 0.2) is 29.4 Å². The number of carbonyl (C=O) groups excluding carboxylic acids is 1. The van der Waals surface area contributed by atoms with Crippen LogP contribution in [0.1, 0.15) is 67.7 Å². The summed E-state index contributed by atoms with van der Waals surface area (Å²) in [6.07, 6.45) is 8.38. The average molecular weight is 456 g/mol. The quantitative estimate of drug-likeness (QED) is 0.495. The number of para-hydroxylation sites is 1. The van der Waals surface area contributed by atoms with Crippen molar-refractivity contribution in [2.24, 2.45) is 0 Å². The van der Waals surface area contributed by atoms with Gasteiger partial charge in [-0.1, -0.05) is 43.2 Å². The van der Waals surface area contributed by atoms with Crippen molar-refractivity contribution in [3.05, 3.63) is 35.1 Å². The number of hydrogen-bond acceptors (Lipinski definition) is 6. The maximum absolute atomic E-state index is 13.0. The van der Waals surface area contributed by atoms with Gasteiger partial charge in [-0.05, 0) is 44.7 Å². The number of rotatable bonds is 5. The van der Waals surface area contributed by atoms with E-state index in [9.17, 15) is 4.79 Å². The highest BCUT2D eigenvalue weighted by atomic mass is 32.2. The summed E-state index contributed by atoms with van der Waals surface area (Å²) < 4.78 is 3.51. The fraction of sp³-hybridized carbons (Fsp3) is 0.565. The Morgan fingerprint density at radius 3 is 2.81 bits per heavy atom. The number of hydrogen-bond donors (Lipinski definition) is 0. The van der Waals surface area contributed by atoms with Crippen LogP contribution in [0.3, 0.4) is 0 Å². The molecule has 1 atom stereocenters. The van der Waals surface area contributed by atoms with Crippen LogP contribution in [0.25, 0.3) is 10.2 Å².